The number of carbonyl (C=O) groups excluding carboxylic acids is 1. The van der Waals surface area contributed by atoms with Gasteiger partial charge in [-0.1, -0.05) is 42.6 Å². The highest BCUT2D eigenvalue weighted by atomic mass is 35.5. The lowest BCUT2D eigenvalue weighted by molar-refractivity contribution is 0.102. The fourth-order valence-corrected chi connectivity index (χ4v) is 5.21. The van der Waals surface area contributed by atoms with E-state index >= 15 is 0 Å². The summed E-state index contributed by atoms with van der Waals surface area (Å²) in [5, 5.41) is 3.09. The molecule has 0 radical (unpaired) electrons. The summed E-state index contributed by atoms with van der Waals surface area (Å²) >= 11 is 6.07. The van der Waals surface area contributed by atoms with E-state index in [1.165, 1.54) is 6.07 Å². The van der Waals surface area contributed by atoms with Gasteiger partial charge in [-0.3, -0.25) is 4.79 Å². The number of sulfonamides is 1. The molecule has 5 nitrogen and oxygen atoms in total. The van der Waals surface area contributed by atoms with Gasteiger partial charge in [0.1, 0.15) is 0 Å². The van der Waals surface area contributed by atoms with Crippen molar-refractivity contribution in [3.05, 3.63) is 58.6 Å². The van der Waals surface area contributed by atoms with Gasteiger partial charge in [0.25, 0.3) is 5.91 Å². The van der Waals surface area contributed by atoms with Crippen LogP contribution in [-0.2, 0) is 10.0 Å². The van der Waals surface area contributed by atoms with E-state index in [0.717, 1.165) is 25.7 Å². The van der Waals surface area contributed by atoms with Crippen molar-refractivity contribution < 1.29 is 13.2 Å². The number of benzene rings is 2. The number of carbonyl (C=O) groups is 1. The van der Waals surface area contributed by atoms with Crippen molar-refractivity contribution >= 4 is 33.2 Å². The van der Waals surface area contributed by atoms with Crippen molar-refractivity contribution in [1.82, 2.24) is 4.31 Å². The van der Waals surface area contributed by atoms with E-state index in [0.29, 0.717) is 34.9 Å². The van der Waals surface area contributed by atoms with E-state index < -0.39 is 10.0 Å². The zero-order valence-corrected chi connectivity index (χ0v) is 16.8. The van der Waals surface area contributed by atoms with Crippen LogP contribution in [0.3, 0.4) is 0 Å². The molecule has 1 saturated heterocycles. The maximum Gasteiger partial charge on any atom is 0.257 e. The van der Waals surface area contributed by atoms with Crippen LogP contribution in [0.2, 0.25) is 5.02 Å². The molecule has 3 rings (SSSR count). The fourth-order valence-electron chi connectivity index (χ4n) is 3.22. The summed E-state index contributed by atoms with van der Waals surface area (Å²) in [6.45, 7) is 2.85. The first kappa shape index (κ1) is 19.9. The number of nitrogens with one attached hydrogen (secondary N) is 1. The number of hydrogen-bond acceptors (Lipinski definition) is 3. The summed E-state index contributed by atoms with van der Waals surface area (Å²) in [6.07, 6.45) is 3.86. The standard InChI is InChI=1S/C20H23ClN2O3S/c1-15-10-11-16(22-20(24)17-8-4-5-9-18(17)21)14-19(15)27(25,26)23-12-6-2-3-7-13-23/h4-5,8-11,14H,2-3,6-7,12-13H2,1H3,(H,22,24). The molecule has 144 valence electrons. The number of rotatable bonds is 4. The fraction of sp³-hybridized carbons (Fsp3) is 0.350. The summed E-state index contributed by atoms with van der Waals surface area (Å²) in [4.78, 5) is 12.7. The van der Waals surface area contributed by atoms with Gasteiger partial charge in [0.2, 0.25) is 10.0 Å². The Bertz CT molecular complexity index is 936. The Morgan fingerprint density at radius 1 is 1.04 bits per heavy atom. The highest BCUT2D eigenvalue weighted by molar-refractivity contribution is 7.89. The third-order valence-electron chi connectivity index (χ3n) is 4.75. The lowest BCUT2D eigenvalue weighted by atomic mass is 10.2. The average Bonchev–Trinajstić information content (AvgIpc) is 2.93. The summed E-state index contributed by atoms with van der Waals surface area (Å²) in [6, 6.07) is 11.7. The predicted octanol–water partition coefficient (Wildman–Crippen LogP) is 4.47. The Morgan fingerprint density at radius 2 is 1.70 bits per heavy atom. The van der Waals surface area contributed by atoms with Gasteiger partial charge in [-0.15, -0.1) is 0 Å². The number of amides is 1. The number of anilines is 1. The minimum absolute atomic E-state index is 0.237. The van der Waals surface area contributed by atoms with Crippen molar-refractivity contribution in [2.24, 2.45) is 0 Å². The van der Waals surface area contributed by atoms with Gasteiger partial charge >= 0.3 is 0 Å². The van der Waals surface area contributed by atoms with Gasteiger partial charge in [0.15, 0.2) is 0 Å². The molecule has 0 aliphatic carbocycles. The van der Waals surface area contributed by atoms with Crippen molar-refractivity contribution in [2.75, 3.05) is 18.4 Å². The van der Waals surface area contributed by atoms with E-state index in [2.05, 4.69) is 5.32 Å². The monoisotopic (exact) mass is 406 g/mol. The lowest BCUT2D eigenvalue weighted by Gasteiger charge is -2.21. The number of halogens is 1. The summed E-state index contributed by atoms with van der Waals surface area (Å²) < 4.78 is 27.8. The zero-order chi connectivity index (χ0) is 19.4. The normalized spacial score (nSPS) is 15.9. The third kappa shape index (κ3) is 4.51. The first-order valence-corrected chi connectivity index (χ1v) is 10.9. The van der Waals surface area contributed by atoms with Gasteiger partial charge in [0.05, 0.1) is 15.5 Å². The van der Waals surface area contributed by atoms with Gasteiger partial charge in [-0.2, -0.15) is 4.31 Å². The first-order chi connectivity index (χ1) is 12.9. The zero-order valence-electron chi connectivity index (χ0n) is 15.2. The Morgan fingerprint density at radius 3 is 2.37 bits per heavy atom. The van der Waals surface area contributed by atoms with Gasteiger partial charge in [-0.25, -0.2) is 8.42 Å². The van der Waals surface area contributed by atoms with Crippen LogP contribution in [0.25, 0.3) is 0 Å². The second-order valence-electron chi connectivity index (χ2n) is 6.73. The van der Waals surface area contributed by atoms with Crippen LogP contribution < -0.4 is 5.32 Å². The minimum atomic E-state index is -3.59. The largest absolute Gasteiger partial charge is 0.322 e. The van der Waals surface area contributed by atoms with Crippen LogP contribution in [0.4, 0.5) is 5.69 Å². The molecule has 0 aromatic heterocycles. The summed E-state index contributed by atoms with van der Waals surface area (Å²) in [5.41, 5.74) is 1.44. The summed E-state index contributed by atoms with van der Waals surface area (Å²) in [7, 11) is -3.59. The SMILES string of the molecule is Cc1ccc(NC(=O)c2ccccc2Cl)cc1S(=O)(=O)N1CCCCCC1. The van der Waals surface area contributed by atoms with E-state index in [1.807, 2.05) is 0 Å². The molecule has 1 N–H and O–H groups in total. The molecule has 2 aromatic carbocycles. The molecule has 1 aliphatic rings. The molecule has 0 spiro atoms. The van der Waals surface area contributed by atoms with Crippen molar-refractivity contribution in [3.63, 3.8) is 0 Å². The molecule has 0 bridgehead atoms. The van der Waals surface area contributed by atoms with E-state index in [4.69, 9.17) is 11.6 Å². The van der Waals surface area contributed by atoms with E-state index in [-0.39, 0.29) is 10.8 Å². The molecule has 0 atom stereocenters. The molecule has 0 unspecified atom stereocenters. The number of aryl methyl sites for hydroxylation is 1. The Kier molecular flexibility index (Phi) is 6.19. The van der Waals surface area contributed by atoms with Crippen LogP contribution >= 0.6 is 11.6 Å². The van der Waals surface area contributed by atoms with Gasteiger partial charge < -0.3 is 5.32 Å². The number of hydrogen-bond donors (Lipinski definition) is 1. The molecular formula is C20H23ClN2O3S. The van der Waals surface area contributed by atoms with E-state index in [9.17, 15) is 13.2 Å². The highest BCUT2D eigenvalue weighted by Gasteiger charge is 2.27. The van der Waals surface area contributed by atoms with Crippen LogP contribution in [0.1, 0.15) is 41.6 Å². The average molecular weight is 407 g/mol. The lowest BCUT2D eigenvalue weighted by Crippen LogP contribution is -2.32. The quantitative estimate of drug-likeness (QED) is 0.814. The predicted molar refractivity (Wildman–Crippen MR) is 108 cm³/mol. The van der Waals surface area contributed by atoms with Gasteiger partial charge in [-0.05, 0) is 49.6 Å². The molecule has 1 aliphatic heterocycles. The van der Waals surface area contributed by atoms with Crippen LogP contribution in [0.5, 0.6) is 0 Å². The van der Waals surface area contributed by atoms with Crippen molar-refractivity contribution in [2.45, 2.75) is 37.5 Å². The Balaban J connectivity index is 1.88. The van der Waals surface area contributed by atoms with Crippen molar-refractivity contribution in [1.29, 1.82) is 0 Å². The topological polar surface area (TPSA) is 66.5 Å². The highest BCUT2D eigenvalue weighted by Crippen LogP contribution is 2.26. The molecular weight excluding hydrogens is 384 g/mol. The van der Waals surface area contributed by atoms with Crippen LogP contribution in [0, 0.1) is 6.92 Å². The maximum absolute atomic E-state index is 13.1. The van der Waals surface area contributed by atoms with Crippen LogP contribution in [-0.4, -0.2) is 31.7 Å². The van der Waals surface area contributed by atoms with Crippen LogP contribution in [0.15, 0.2) is 47.4 Å². The third-order valence-corrected chi connectivity index (χ3v) is 7.12. The molecule has 27 heavy (non-hydrogen) atoms. The summed E-state index contributed by atoms with van der Waals surface area (Å²) in [5.74, 6) is -0.373. The minimum Gasteiger partial charge on any atom is -0.322 e. The van der Waals surface area contributed by atoms with E-state index in [1.54, 1.807) is 47.6 Å². The second kappa shape index (κ2) is 8.42. The molecule has 1 heterocycles. The Labute approximate surface area is 165 Å². The molecule has 1 fully saturated rings. The molecule has 7 heteroatoms. The smallest absolute Gasteiger partial charge is 0.257 e. The Hall–Kier alpha value is -1.89. The maximum atomic E-state index is 13.1. The number of nitrogens with zero attached hydrogens (tertiary/aromatic N) is 1. The molecule has 0 saturated carbocycles. The van der Waals surface area contributed by atoms with Crippen molar-refractivity contribution in [3.8, 4) is 0 Å². The first-order valence-electron chi connectivity index (χ1n) is 9.06. The van der Waals surface area contributed by atoms with Gasteiger partial charge in [0, 0.05) is 18.8 Å². The second-order valence-corrected chi connectivity index (χ2v) is 9.05. The molecule has 1 amide bonds. The molecule has 2 aromatic rings.